The third kappa shape index (κ3) is 5.22. The first-order chi connectivity index (χ1) is 14.0. The van der Waals surface area contributed by atoms with Gasteiger partial charge in [0.25, 0.3) is 5.91 Å². The molecule has 1 aromatic carbocycles. The van der Waals surface area contributed by atoms with Crippen LogP contribution in [0.15, 0.2) is 36.4 Å². The van der Waals surface area contributed by atoms with E-state index < -0.39 is 0 Å². The number of aromatic nitrogens is 2. The monoisotopic (exact) mass is 397 g/mol. The topological polar surface area (TPSA) is 87.7 Å². The van der Waals surface area contributed by atoms with Gasteiger partial charge in [0.1, 0.15) is 0 Å². The Balaban J connectivity index is 1.56. The highest BCUT2D eigenvalue weighted by molar-refractivity contribution is 5.92. The van der Waals surface area contributed by atoms with Crippen LogP contribution < -0.4 is 5.32 Å². The standard InChI is InChI=1S/C21H27N5O3/c1-4-29-21(28)26-13-11-25(12-14-26)20(27)18-9-10-19(24-23-18)22-17-7-5-16(6-8-17)15(2)3/h5-10,15H,4,11-14H2,1-3H3,(H,22,24). The molecule has 0 saturated carbocycles. The third-order valence-corrected chi connectivity index (χ3v) is 4.83. The molecule has 0 unspecified atom stereocenters. The lowest BCUT2D eigenvalue weighted by molar-refractivity contribution is 0.0565. The molecule has 0 bridgehead atoms. The smallest absolute Gasteiger partial charge is 0.409 e. The molecule has 1 aromatic heterocycles. The van der Waals surface area contributed by atoms with Gasteiger partial charge in [-0.1, -0.05) is 26.0 Å². The quantitative estimate of drug-likeness (QED) is 0.833. The van der Waals surface area contributed by atoms with Crippen LogP contribution in [0.25, 0.3) is 0 Å². The Hall–Kier alpha value is -3.16. The minimum atomic E-state index is -0.337. The van der Waals surface area contributed by atoms with Crippen molar-refractivity contribution in [2.75, 3.05) is 38.1 Å². The highest BCUT2D eigenvalue weighted by atomic mass is 16.6. The SMILES string of the molecule is CCOC(=O)N1CCN(C(=O)c2ccc(Nc3ccc(C(C)C)cc3)nn2)CC1. The summed E-state index contributed by atoms with van der Waals surface area (Å²) in [6.45, 7) is 8.21. The van der Waals surface area contributed by atoms with Gasteiger partial charge in [0.2, 0.25) is 0 Å². The third-order valence-electron chi connectivity index (χ3n) is 4.83. The first-order valence-corrected chi connectivity index (χ1v) is 9.89. The summed E-state index contributed by atoms with van der Waals surface area (Å²) in [4.78, 5) is 27.7. The van der Waals surface area contributed by atoms with E-state index in [1.807, 2.05) is 12.1 Å². The summed E-state index contributed by atoms with van der Waals surface area (Å²) in [5.41, 5.74) is 2.47. The lowest BCUT2D eigenvalue weighted by Crippen LogP contribution is -2.50. The van der Waals surface area contributed by atoms with E-state index in [1.54, 1.807) is 28.9 Å². The Kier molecular flexibility index (Phi) is 6.64. The Morgan fingerprint density at radius 1 is 1.00 bits per heavy atom. The number of piperazine rings is 1. The molecule has 3 rings (SSSR count). The molecular weight excluding hydrogens is 370 g/mol. The molecule has 2 amide bonds. The van der Waals surface area contributed by atoms with Gasteiger partial charge in [0.15, 0.2) is 11.5 Å². The van der Waals surface area contributed by atoms with Gasteiger partial charge in [-0.3, -0.25) is 4.79 Å². The maximum atomic E-state index is 12.6. The van der Waals surface area contributed by atoms with E-state index in [0.717, 1.165) is 5.69 Å². The van der Waals surface area contributed by atoms with Gasteiger partial charge in [0.05, 0.1) is 6.61 Å². The van der Waals surface area contributed by atoms with E-state index in [1.165, 1.54) is 5.56 Å². The van der Waals surface area contributed by atoms with Gasteiger partial charge >= 0.3 is 6.09 Å². The zero-order chi connectivity index (χ0) is 20.8. The number of anilines is 2. The van der Waals surface area contributed by atoms with Crippen molar-refractivity contribution in [2.45, 2.75) is 26.7 Å². The lowest BCUT2D eigenvalue weighted by atomic mass is 10.0. The molecule has 8 nitrogen and oxygen atoms in total. The molecule has 2 heterocycles. The van der Waals surface area contributed by atoms with Gasteiger partial charge in [0, 0.05) is 31.9 Å². The average molecular weight is 397 g/mol. The van der Waals surface area contributed by atoms with Crippen LogP contribution in [-0.4, -0.2) is 64.8 Å². The molecule has 0 aliphatic carbocycles. The molecule has 0 radical (unpaired) electrons. The second kappa shape index (κ2) is 9.36. The minimum Gasteiger partial charge on any atom is -0.450 e. The van der Waals surface area contributed by atoms with Gasteiger partial charge in [-0.2, -0.15) is 0 Å². The number of carbonyl (C=O) groups is 2. The number of amides is 2. The molecule has 1 fully saturated rings. The van der Waals surface area contributed by atoms with Crippen molar-refractivity contribution < 1.29 is 14.3 Å². The number of ether oxygens (including phenoxy) is 1. The maximum absolute atomic E-state index is 12.6. The first kappa shape index (κ1) is 20.6. The number of nitrogens with zero attached hydrogens (tertiary/aromatic N) is 4. The molecule has 154 valence electrons. The van der Waals surface area contributed by atoms with Crippen LogP contribution in [0.1, 0.15) is 42.7 Å². The molecule has 0 atom stereocenters. The van der Waals surface area contributed by atoms with E-state index in [-0.39, 0.29) is 17.7 Å². The molecule has 1 N–H and O–H groups in total. The van der Waals surface area contributed by atoms with Crippen molar-refractivity contribution in [2.24, 2.45) is 0 Å². The summed E-state index contributed by atoms with van der Waals surface area (Å²) >= 11 is 0. The van der Waals surface area contributed by atoms with Crippen molar-refractivity contribution in [1.29, 1.82) is 0 Å². The second-order valence-electron chi connectivity index (χ2n) is 7.18. The van der Waals surface area contributed by atoms with Crippen molar-refractivity contribution in [1.82, 2.24) is 20.0 Å². The summed E-state index contributed by atoms with van der Waals surface area (Å²) in [6, 6.07) is 11.6. The summed E-state index contributed by atoms with van der Waals surface area (Å²) in [7, 11) is 0. The Labute approximate surface area is 170 Å². The number of hydrogen-bond acceptors (Lipinski definition) is 6. The van der Waals surface area contributed by atoms with Gasteiger partial charge in [-0.05, 0) is 42.7 Å². The predicted molar refractivity (Wildman–Crippen MR) is 110 cm³/mol. The number of benzene rings is 1. The number of nitrogens with one attached hydrogen (secondary N) is 1. The summed E-state index contributed by atoms with van der Waals surface area (Å²) in [6.07, 6.45) is -0.337. The van der Waals surface area contributed by atoms with Gasteiger partial charge in [-0.15, -0.1) is 10.2 Å². The fraction of sp³-hybridized carbons (Fsp3) is 0.429. The van der Waals surface area contributed by atoms with Crippen LogP contribution in [-0.2, 0) is 4.74 Å². The van der Waals surface area contributed by atoms with Crippen LogP contribution in [0.2, 0.25) is 0 Å². The summed E-state index contributed by atoms with van der Waals surface area (Å²) < 4.78 is 5.00. The zero-order valence-corrected chi connectivity index (χ0v) is 17.1. The van der Waals surface area contributed by atoms with Crippen molar-refractivity contribution >= 4 is 23.5 Å². The first-order valence-electron chi connectivity index (χ1n) is 9.89. The molecule has 2 aromatic rings. The van der Waals surface area contributed by atoms with Crippen molar-refractivity contribution in [3.05, 3.63) is 47.7 Å². The van der Waals surface area contributed by atoms with E-state index in [4.69, 9.17) is 4.74 Å². The second-order valence-corrected chi connectivity index (χ2v) is 7.18. The minimum absolute atomic E-state index is 0.186. The number of rotatable bonds is 5. The van der Waals surface area contributed by atoms with E-state index in [9.17, 15) is 9.59 Å². The molecule has 1 aliphatic heterocycles. The molecule has 8 heteroatoms. The highest BCUT2D eigenvalue weighted by Crippen LogP contribution is 2.19. The Morgan fingerprint density at radius 3 is 2.21 bits per heavy atom. The number of hydrogen-bond donors (Lipinski definition) is 1. The van der Waals surface area contributed by atoms with Crippen molar-refractivity contribution in [3.8, 4) is 0 Å². The fourth-order valence-corrected chi connectivity index (χ4v) is 3.08. The number of carbonyl (C=O) groups excluding carboxylic acids is 2. The molecular formula is C21H27N5O3. The van der Waals surface area contributed by atoms with E-state index in [2.05, 4.69) is 41.5 Å². The van der Waals surface area contributed by atoms with Gasteiger partial charge in [-0.25, -0.2) is 4.79 Å². The zero-order valence-electron chi connectivity index (χ0n) is 17.1. The van der Waals surface area contributed by atoms with Crippen LogP contribution in [0.5, 0.6) is 0 Å². The normalized spacial score (nSPS) is 14.1. The Bertz CT molecular complexity index is 828. The summed E-state index contributed by atoms with van der Waals surface area (Å²) in [5.74, 6) is 0.869. The van der Waals surface area contributed by atoms with E-state index in [0.29, 0.717) is 44.5 Å². The van der Waals surface area contributed by atoms with Crippen LogP contribution in [0.3, 0.4) is 0 Å². The van der Waals surface area contributed by atoms with Crippen LogP contribution in [0, 0.1) is 0 Å². The van der Waals surface area contributed by atoms with Crippen molar-refractivity contribution in [3.63, 3.8) is 0 Å². The molecule has 1 saturated heterocycles. The molecule has 29 heavy (non-hydrogen) atoms. The van der Waals surface area contributed by atoms with Crippen LogP contribution in [0.4, 0.5) is 16.3 Å². The average Bonchev–Trinajstić information content (AvgIpc) is 2.74. The highest BCUT2D eigenvalue weighted by Gasteiger charge is 2.26. The van der Waals surface area contributed by atoms with Gasteiger partial charge < -0.3 is 19.9 Å². The predicted octanol–water partition coefficient (Wildman–Crippen LogP) is 3.26. The van der Waals surface area contributed by atoms with Crippen LogP contribution >= 0.6 is 0 Å². The van der Waals surface area contributed by atoms with E-state index >= 15 is 0 Å². The maximum Gasteiger partial charge on any atom is 0.409 e. The molecule has 0 spiro atoms. The lowest BCUT2D eigenvalue weighted by Gasteiger charge is -2.33. The largest absolute Gasteiger partial charge is 0.450 e. The summed E-state index contributed by atoms with van der Waals surface area (Å²) in [5, 5.41) is 11.4. The Morgan fingerprint density at radius 2 is 1.66 bits per heavy atom. The molecule has 1 aliphatic rings. The fourth-order valence-electron chi connectivity index (χ4n) is 3.08.